The Kier molecular flexibility index (Phi) is 5.30. The van der Waals surface area contributed by atoms with Crippen LogP contribution in [0.5, 0.6) is 5.75 Å². The molecule has 2 aromatic rings. The van der Waals surface area contributed by atoms with Crippen molar-refractivity contribution in [2.45, 2.75) is 6.18 Å². The van der Waals surface area contributed by atoms with E-state index in [1.807, 2.05) is 0 Å². The molecule has 1 aromatic carbocycles. The Morgan fingerprint density at radius 3 is 2.52 bits per heavy atom. The quantitative estimate of drug-likeness (QED) is 0.757. The molecule has 1 heterocycles. The van der Waals surface area contributed by atoms with Crippen LogP contribution in [-0.4, -0.2) is 36.3 Å². The van der Waals surface area contributed by atoms with Gasteiger partial charge in [-0.25, -0.2) is 4.79 Å². The number of primary amides is 1. The molecular formula is C16H13F3N4O4. The highest BCUT2D eigenvalue weighted by molar-refractivity contribution is 5.97. The number of carbonyl (C=O) groups excluding carboxylic acids is 2. The summed E-state index contributed by atoms with van der Waals surface area (Å²) in [6.07, 6.45) is -3.51. The molecule has 4 N–H and O–H groups in total. The van der Waals surface area contributed by atoms with Crippen molar-refractivity contribution in [3.05, 3.63) is 41.2 Å². The first kappa shape index (κ1) is 19.6. The Balaban J connectivity index is 2.72. The highest BCUT2D eigenvalue weighted by atomic mass is 19.4. The standard InChI is InChI=1S/C16H13F3N4O4/c1-26-15(25)13-12(21)9(5-20)6-23(13)10-4-8(14(22)24)2-3-11(10)27-7-16(17,18)19/h2-4,6H,7,21H2,1H3,(H2,22,24). The van der Waals surface area contributed by atoms with Gasteiger partial charge >= 0.3 is 12.1 Å². The SMILES string of the molecule is COC(=O)c1c(N)c(C#N)cn1-c1cc(C(N)=O)ccc1OCC(F)(F)F. The van der Waals surface area contributed by atoms with Gasteiger partial charge in [0.25, 0.3) is 0 Å². The van der Waals surface area contributed by atoms with Crippen molar-refractivity contribution >= 4 is 17.6 Å². The maximum absolute atomic E-state index is 12.5. The average molecular weight is 382 g/mol. The lowest BCUT2D eigenvalue weighted by molar-refractivity contribution is -0.153. The first-order valence-electron chi connectivity index (χ1n) is 7.22. The summed E-state index contributed by atoms with van der Waals surface area (Å²) in [5.74, 6) is -2.12. The zero-order valence-electron chi connectivity index (χ0n) is 13.8. The van der Waals surface area contributed by atoms with Crippen molar-refractivity contribution < 1.29 is 32.2 Å². The van der Waals surface area contributed by atoms with Crippen LogP contribution in [0, 0.1) is 11.3 Å². The van der Waals surface area contributed by atoms with E-state index in [1.165, 1.54) is 0 Å². The Labute approximate surface area is 150 Å². The van der Waals surface area contributed by atoms with Crippen molar-refractivity contribution in [2.75, 3.05) is 19.5 Å². The van der Waals surface area contributed by atoms with Crippen molar-refractivity contribution in [2.24, 2.45) is 5.73 Å². The normalized spacial score (nSPS) is 10.9. The molecule has 0 saturated heterocycles. The molecule has 11 heteroatoms. The third-order valence-corrected chi connectivity index (χ3v) is 3.44. The van der Waals surface area contributed by atoms with Crippen LogP contribution in [0.25, 0.3) is 5.69 Å². The maximum Gasteiger partial charge on any atom is 0.422 e. The third kappa shape index (κ3) is 4.12. The number of alkyl halides is 3. The summed E-state index contributed by atoms with van der Waals surface area (Å²) in [4.78, 5) is 23.5. The van der Waals surface area contributed by atoms with Gasteiger partial charge in [-0.3, -0.25) is 4.79 Å². The minimum Gasteiger partial charge on any atom is -0.482 e. The number of nitrogens with two attached hydrogens (primary N) is 2. The number of methoxy groups -OCH3 is 1. The topological polar surface area (TPSA) is 133 Å². The van der Waals surface area contributed by atoms with Crippen LogP contribution in [0.15, 0.2) is 24.4 Å². The van der Waals surface area contributed by atoms with E-state index < -0.39 is 24.7 Å². The molecule has 1 aromatic heterocycles. The van der Waals surface area contributed by atoms with Gasteiger partial charge < -0.3 is 25.5 Å². The molecule has 0 bridgehead atoms. The highest BCUT2D eigenvalue weighted by Crippen LogP contribution is 2.32. The van der Waals surface area contributed by atoms with Crippen molar-refractivity contribution in [1.82, 2.24) is 4.57 Å². The lowest BCUT2D eigenvalue weighted by atomic mass is 10.1. The van der Waals surface area contributed by atoms with E-state index >= 15 is 0 Å². The number of nitriles is 1. The average Bonchev–Trinajstić information content (AvgIpc) is 2.94. The molecule has 0 aliphatic rings. The smallest absolute Gasteiger partial charge is 0.422 e. The number of amides is 1. The number of esters is 1. The fourth-order valence-electron chi connectivity index (χ4n) is 2.25. The Hall–Kier alpha value is -3.68. The van der Waals surface area contributed by atoms with E-state index in [1.54, 1.807) is 6.07 Å². The predicted molar refractivity (Wildman–Crippen MR) is 86.3 cm³/mol. The molecule has 0 unspecified atom stereocenters. The van der Waals surface area contributed by atoms with Crippen LogP contribution in [0.4, 0.5) is 18.9 Å². The zero-order valence-corrected chi connectivity index (χ0v) is 13.8. The number of rotatable bonds is 5. The first-order valence-corrected chi connectivity index (χ1v) is 7.22. The van der Waals surface area contributed by atoms with Crippen LogP contribution < -0.4 is 16.2 Å². The summed E-state index contributed by atoms with van der Waals surface area (Å²) >= 11 is 0. The van der Waals surface area contributed by atoms with Gasteiger partial charge in [-0.2, -0.15) is 18.4 Å². The number of ether oxygens (including phenoxy) is 2. The Bertz CT molecular complexity index is 944. The molecule has 2 rings (SSSR count). The number of aromatic nitrogens is 1. The second-order valence-corrected chi connectivity index (χ2v) is 5.23. The van der Waals surface area contributed by atoms with E-state index in [2.05, 4.69) is 4.74 Å². The first-order chi connectivity index (χ1) is 12.6. The van der Waals surface area contributed by atoms with Gasteiger partial charge in [0, 0.05) is 11.8 Å². The molecule has 8 nitrogen and oxygen atoms in total. The molecule has 142 valence electrons. The van der Waals surface area contributed by atoms with Gasteiger partial charge in [-0.15, -0.1) is 0 Å². The molecule has 0 atom stereocenters. The van der Waals surface area contributed by atoms with Crippen LogP contribution in [0.1, 0.15) is 26.4 Å². The molecule has 0 aliphatic carbocycles. The number of nitrogens with zero attached hydrogens (tertiary/aromatic N) is 2. The number of nitrogen functional groups attached to an aromatic ring is 1. The van der Waals surface area contributed by atoms with Crippen molar-refractivity contribution in [1.29, 1.82) is 5.26 Å². The Morgan fingerprint density at radius 2 is 2.00 bits per heavy atom. The summed E-state index contributed by atoms with van der Waals surface area (Å²) < 4.78 is 48.0. The van der Waals surface area contributed by atoms with Gasteiger partial charge in [0.1, 0.15) is 11.8 Å². The lowest BCUT2D eigenvalue weighted by Gasteiger charge is -2.16. The van der Waals surface area contributed by atoms with E-state index in [9.17, 15) is 22.8 Å². The van der Waals surface area contributed by atoms with Crippen LogP contribution in [0.2, 0.25) is 0 Å². The van der Waals surface area contributed by atoms with Gasteiger partial charge in [0.2, 0.25) is 5.91 Å². The Morgan fingerprint density at radius 1 is 1.33 bits per heavy atom. The van der Waals surface area contributed by atoms with Gasteiger partial charge in [0.15, 0.2) is 12.3 Å². The minimum absolute atomic E-state index is 0.0639. The fourth-order valence-corrected chi connectivity index (χ4v) is 2.25. The lowest BCUT2D eigenvalue weighted by Crippen LogP contribution is -2.21. The molecular weight excluding hydrogens is 369 g/mol. The van der Waals surface area contributed by atoms with Gasteiger partial charge in [-0.1, -0.05) is 0 Å². The zero-order chi connectivity index (χ0) is 20.4. The number of halogens is 3. The second-order valence-electron chi connectivity index (χ2n) is 5.23. The fraction of sp³-hybridized carbons (Fsp3) is 0.188. The highest BCUT2D eigenvalue weighted by Gasteiger charge is 2.30. The van der Waals surface area contributed by atoms with Crippen LogP contribution in [-0.2, 0) is 4.74 Å². The second kappa shape index (κ2) is 7.28. The molecule has 0 spiro atoms. The number of hydrogen-bond acceptors (Lipinski definition) is 6. The summed E-state index contributed by atoms with van der Waals surface area (Å²) in [5, 5.41) is 9.13. The summed E-state index contributed by atoms with van der Waals surface area (Å²) in [6.45, 7) is -1.62. The molecule has 27 heavy (non-hydrogen) atoms. The molecule has 1 amide bonds. The third-order valence-electron chi connectivity index (χ3n) is 3.44. The minimum atomic E-state index is -4.63. The largest absolute Gasteiger partial charge is 0.482 e. The monoisotopic (exact) mass is 382 g/mol. The van der Waals surface area contributed by atoms with E-state index in [-0.39, 0.29) is 33.9 Å². The summed E-state index contributed by atoms with van der Waals surface area (Å²) in [7, 11) is 1.06. The van der Waals surface area contributed by atoms with E-state index in [4.69, 9.17) is 21.5 Å². The van der Waals surface area contributed by atoms with Gasteiger partial charge in [-0.05, 0) is 18.2 Å². The van der Waals surface area contributed by atoms with Crippen LogP contribution in [0.3, 0.4) is 0 Å². The van der Waals surface area contributed by atoms with Crippen molar-refractivity contribution in [3.63, 3.8) is 0 Å². The number of benzene rings is 1. The number of hydrogen-bond donors (Lipinski definition) is 2. The molecule has 0 aliphatic heterocycles. The summed E-state index contributed by atoms with van der Waals surface area (Å²) in [5.41, 5.74) is 10.1. The van der Waals surface area contributed by atoms with Gasteiger partial charge in [0.05, 0.1) is 24.0 Å². The predicted octanol–water partition coefficient (Wildman–Crippen LogP) is 1.76. The molecule has 0 fully saturated rings. The van der Waals surface area contributed by atoms with Crippen molar-refractivity contribution in [3.8, 4) is 17.5 Å². The number of carbonyl (C=O) groups is 2. The van der Waals surface area contributed by atoms with E-state index in [0.717, 1.165) is 36.1 Å². The maximum atomic E-state index is 12.5. The number of anilines is 1. The summed E-state index contributed by atoms with van der Waals surface area (Å²) in [6, 6.07) is 5.11. The molecule has 0 saturated carbocycles. The molecule has 0 radical (unpaired) electrons. The van der Waals surface area contributed by atoms with E-state index in [0.29, 0.717) is 0 Å². The van der Waals surface area contributed by atoms with Crippen LogP contribution >= 0.6 is 0 Å².